The van der Waals surface area contributed by atoms with E-state index in [9.17, 15) is 9.59 Å². The molecule has 154 valence electrons. The van der Waals surface area contributed by atoms with E-state index in [0.717, 1.165) is 43.6 Å². The summed E-state index contributed by atoms with van der Waals surface area (Å²) in [6, 6.07) is 9.58. The molecule has 3 heterocycles. The Kier molecular flexibility index (Phi) is 5.94. The fraction of sp³-hybridized carbons (Fsp3) is 0.500. The van der Waals surface area contributed by atoms with Gasteiger partial charge in [0.2, 0.25) is 5.91 Å². The third kappa shape index (κ3) is 4.34. The maximum Gasteiger partial charge on any atom is 0.275 e. The van der Waals surface area contributed by atoms with Crippen LogP contribution in [0.3, 0.4) is 0 Å². The van der Waals surface area contributed by atoms with E-state index in [1.54, 1.807) is 4.90 Å². The summed E-state index contributed by atoms with van der Waals surface area (Å²) < 4.78 is 7.35. The third-order valence-electron chi connectivity index (χ3n) is 5.77. The lowest BCUT2D eigenvalue weighted by Crippen LogP contribution is -2.48. The van der Waals surface area contributed by atoms with Crippen LogP contribution >= 0.6 is 0 Å². The van der Waals surface area contributed by atoms with Crippen molar-refractivity contribution >= 4 is 11.8 Å². The van der Waals surface area contributed by atoms with Crippen LogP contribution in [-0.2, 0) is 16.0 Å². The SMILES string of the molecule is Cc1cn(C2CCOCC2)nc1C(=O)N1CCCNC(=O)C1Cc1ccccc1. The minimum atomic E-state index is -0.528. The minimum absolute atomic E-state index is 0.0961. The van der Waals surface area contributed by atoms with Crippen LogP contribution in [0.25, 0.3) is 0 Å². The van der Waals surface area contributed by atoms with Crippen molar-refractivity contribution in [1.82, 2.24) is 20.0 Å². The van der Waals surface area contributed by atoms with Gasteiger partial charge in [0.1, 0.15) is 6.04 Å². The highest BCUT2D eigenvalue weighted by atomic mass is 16.5. The number of rotatable bonds is 4. The van der Waals surface area contributed by atoms with Crippen LogP contribution in [-0.4, -0.2) is 58.8 Å². The average molecular weight is 396 g/mol. The number of hydrogen-bond acceptors (Lipinski definition) is 4. The molecule has 0 bridgehead atoms. The molecule has 2 aromatic rings. The normalized spacial score (nSPS) is 20.9. The lowest BCUT2D eigenvalue weighted by atomic mass is 10.0. The van der Waals surface area contributed by atoms with Crippen LogP contribution in [0.2, 0.25) is 0 Å². The summed E-state index contributed by atoms with van der Waals surface area (Å²) in [7, 11) is 0. The molecule has 2 aliphatic rings. The standard InChI is InChI=1S/C22H28N4O3/c1-16-15-26(18-8-12-29-13-9-18)24-20(16)22(28)25-11-5-10-23-21(27)19(25)14-17-6-3-2-4-7-17/h2-4,6-7,15,18-19H,5,8-14H2,1H3,(H,23,27). The number of aromatic nitrogens is 2. The molecule has 0 saturated carbocycles. The molecule has 2 fully saturated rings. The zero-order chi connectivity index (χ0) is 20.2. The molecule has 4 rings (SSSR count). The van der Waals surface area contributed by atoms with E-state index in [1.165, 1.54) is 0 Å². The summed E-state index contributed by atoms with van der Waals surface area (Å²) in [5.41, 5.74) is 2.34. The van der Waals surface area contributed by atoms with Crippen LogP contribution in [0, 0.1) is 6.92 Å². The van der Waals surface area contributed by atoms with E-state index >= 15 is 0 Å². The second-order valence-electron chi connectivity index (χ2n) is 7.83. The molecule has 2 aliphatic heterocycles. The van der Waals surface area contributed by atoms with Crippen molar-refractivity contribution < 1.29 is 14.3 Å². The van der Waals surface area contributed by atoms with Crippen LogP contribution in [0.1, 0.15) is 46.9 Å². The molecule has 2 amide bonds. The zero-order valence-corrected chi connectivity index (χ0v) is 16.8. The van der Waals surface area contributed by atoms with Crippen LogP contribution in [0.5, 0.6) is 0 Å². The highest BCUT2D eigenvalue weighted by Gasteiger charge is 2.34. The van der Waals surface area contributed by atoms with E-state index in [1.807, 2.05) is 48.1 Å². The maximum atomic E-state index is 13.5. The predicted octanol–water partition coefficient (Wildman–Crippen LogP) is 2.12. The van der Waals surface area contributed by atoms with E-state index in [0.29, 0.717) is 25.2 Å². The predicted molar refractivity (Wildman–Crippen MR) is 109 cm³/mol. The van der Waals surface area contributed by atoms with Gasteiger partial charge < -0.3 is 15.0 Å². The number of nitrogens with one attached hydrogen (secondary N) is 1. The van der Waals surface area contributed by atoms with Crippen molar-refractivity contribution in [1.29, 1.82) is 0 Å². The molecule has 29 heavy (non-hydrogen) atoms. The molecule has 0 spiro atoms. The van der Waals surface area contributed by atoms with E-state index in [4.69, 9.17) is 4.74 Å². The molecule has 0 radical (unpaired) electrons. The number of amides is 2. The first-order chi connectivity index (χ1) is 14.1. The zero-order valence-electron chi connectivity index (χ0n) is 16.8. The second kappa shape index (κ2) is 8.78. The Morgan fingerprint density at radius 2 is 2.00 bits per heavy atom. The van der Waals surface area contributed by atoms with Gasteiger partial charge in [-0.25, -0.2) is 0 Å². The minimum Gasteiger partial charge on any atom is -0.381 e. The molecule has 1 unspecified atom stereocenters. The van der Waals surface area contributed by atoms with Gasteiger partial charge >= 0.3 is 0 Å². The van der Waals surface area contributed by atoms with Crippen LogP contribution in [0.4, 0.5) is 0 Å². The Balaban J connectivity index is 1.59. The van der Waals surface area contributed by atoms with Crippen molar-refractivity contribution in [2.45, 2.75) is 44.7 Å². The third-order valence-corrected chi connectivity index (χ3v) is 5.77. The summed E-state index contributed by atoms with van der Waals surface area (Å²) in [4.78, 5) is 27.9. The fourth-order valence-corrected chi connectivity index (χ4v) is 4.13. The number of aryl methyl sites for hydroxylation is 1. The molecule has 1 aromatic heterocycles. The van der Waals surface area contributed by atoms with Gasteiger partial charge in [0.05, 0.1) is 6.04 Å². The summed E-state index contributed by atoms with van der Waals surface area (Å²) in [5.74, 6) is -0.257. The van der Waals surface area contributed by atoms with Crippen molar-refractivity contribution in [3.8, 4) is 0 Å². The lowest BCUT2D eigenvalue weighted by Gasteiger charge is -2.28. The summed E-state index contributed by atoms with van der Waals surface area (Å²) in [6.07, 6.45) is 4.99. The monoisotopic (exact) mass is 396 g/mol. The number of carbonyl (C=O) groups is 2. The Hall–Kier alpha value is -2.67. The quantitative estimate of drug-likeness (QED) is 0.859. The summed E-state index contributed by atoms with van der Waals surface area (Å²) in [6.45, 7) is 4.48. The number of hydrogen-bond donors (Lipinski definition) is 1. The van der Waals surface area contributed by atoms with Gasteiger partial charge in [-0.15, -0.1) is 0 Å². The average Bonchev–Trinajstić information content (AvgIpc) is 3.05. The highest BCUT2D eigenvalue weighted by molar-refractivity contribution is 5.97. The number of carbonyl (C=O) groups excluding carboxylic acids is 2. The first kappa shape index (κ1) is 19.6. The lowest BCUT2D eigenvalue weighted by molar-refractivity contribution is -0.124. The topological polar surface area (TPSA) is 76.5 Å². The number of benzene rings is 1. The van der Waals surface area contributed by atoms with Gasteiger partial charge in [-0.1, -0.05) is 30.3 Å². The van der Waals surface area contributed by atoms with Crippen molar-refractivity contribution in [2.24, 2.45) is 0 Å². The molecule has 0 aliphatic carbocycles. The van der Waals surface area contributed by atoms with Crippen LogP contribution in [0.15, 0.2) is 36.5 Å². The first-order valence-electron chi connectivity index (χ1n) is 10.4. The summed E-state index contributed by atoms with van der Waals surface area (Å²) in [5, 5.41) is 7.59. The Morgan fingerprint density at radius 3 is 2.76 bits per heavy atom. The molecule has 1 atom stereocenters. The molecule has 1 aromatic carbocycles. The molecule has 7 nitrogen and oxygen atoms in total. The Labute approximate surface area is 171 Å². The van der Waals surface area contributed by atoms with Gasteiger partial charge in [0.15, 0.2) is 5.69 Å². The van der Waals surface area contributed by atoms with Gasteiger partial charge in [-0.3, -0.25) is 14.3 Å². The number of ether oxygens (including phenoxy) is 1. The fourth-order valence-electron chi connectivity index (χ4n) is 4.13. The van der Waals surface area contributed by atoms with Gasteiger partial charge in [0, 0.05) is 44.5 Å². The van der Waals surface area contributed by atoms with E-state index in [-0.39, 0.29) is 17.9 Å². The van der Waals surface area contributed by atoms with Crippen molar-refractivity contribution in [3.63, 3.8) is 0 Å². The molecular formula is C22H28N4O3. The maximum absolute atomic E-state index is 13.5. The van der Waals surface area contributed by atoms with E-state index in [2.05, 4.69) is 10.4 Å². The van der Waals surface area contributed by atoms with Gasteiger partial charge in [-0.2, -0.15) is 5.10 Å². The highest BCUT2D eigenvalue weighted by Crippen LogP contribution is 2.23. The van der Waals surface area contributed by atoms with Gasteiger partial charge in [-0.05, 0) is 31.7 Å². The Morgan fingerprint density at radius 1 is 1.24 bits per heavy atom. The molecular weight excluding hydrogens is 368 g/mol. The molecule has 1 N–H and O–H groups in total. The van der Waals surface area contributed by atoms with Crippen LogP contribution < -0.4 is 5.32 Å². The number of nitrogens with zero attached hydrogens (tertiary/aromatic N) is 3. The van der Waals surface area contributed by atoms with Crippen molar-refractivity contribution in [3.05, 3.63) is 53.3 Å². The molecule has 7 heteroatoms. The Bertz CT molecular complexity index is 858. The van der Waals surface area contributed by atoms with E-state index < -0.39 is 6.04 Å². The second-order valence-corrected chi connectivity index (χ2v) is 7.83. The first-order valence-corrected chi connectivity index (χ1v) is 10.4. The largest absolute Gasteiger partial charge is 0.381 e. The van der Waals surface area contributed by atoms with Gasteiger partial charge in [0.25, 0.3) is 5.91 Å². The summed E-state index contributed by atoms with van der Waals surface area (Å²) >= 11 is 0. The molecule has 2 saturated heterocycles. The smallest absolute Gasteiger partial charge is 0.275 e. The van der Waals surface area contributed by atoms with Crippen molar-refractivity contribution in [2.75, 3.05) is 26.3 Å².